The number of hydrogen-bond acceptors (Lipinski definition) is 3. The van der Waals surface area contributed by atoms with E-state index in [4.69, 9.17) is 27.9 Å². The lowest BCUT2D eigenvalue weighted by Crippen LogP contribution is -2.23. The number of carbonyl (C=O) groups is 1. The van der Waals surface area contributed by atoms with Crippen LogP contribution in [-0.4, -0.2) is 24.4 Å². The molecule has 1 N–H and O–H groups in total. The Morgan fingerprint density at radius 1 is 1.17 bits per heavy atom. The number of carboxylic acids is 1. The van der Waals surface area contributed by atoms with E-state index in [2.05, 4.69) is 0 Å². The highest BCUT2D eigenvalue weighted by atomic mass is 35.5. The molecule has 0 bridgehead atoms. The van der Waals surface area contributed by atoms with E-state index in [1.54, 1.807) is 41.3 Å². The van der Waals surface area contributed by atoms with E-state index in [-0.39, 0.29) is 12.3 Å². The van der Waals surface area contributed by atoms with Gasteiger partial charge in [0.15, 0.2) is 0 Å². The Morgan fingerprint density at radius 2 is 1.87 bits per heavy atom. The van der Waals surface area contributed by atoms with Gasteiger partial charge in [0, 0.05) is 11.6 Å². The molecule has 0 heterocycles. The molecule has 4 nitrogen and oxygen atoms in total. The predicted octanol–water partition coefficient (Wildman–Crippen LogP) is 5.13. The molecule has 0 aliphatic rings. The molecule has 0 unspecified atom stereocenters. The van der Waals surface area contributed by atoms with Gasteiger partial charge in [-0.3, -0.25) is 0 Å². The number of aromatic carboxylic acids is 1. The van der Waals surface area contributed by atoms with Gasteiger partial charge in [-0.05, 0) is 43.7 Å². The van der Waals surface area contributed by atoms with Crippen LogP contribution in [0.5, 0.6) is 0 Å². The molecular weight excluding hydrogens is 337 g/mol. The predicted molar refractivity (Wildman–Crippen MR) is 93.2 cm³/mol. The van der Waals surface area contributed by atoms with Gasteiger partial charge in [0.25, 0.3) is 0 Å². The van der Waals surface area contributed by atoms with Crippen molar-refractivity contribution in [2.45, 2.75) is 13.8 Å². The number of halogens is 2. The van der Waals surface area contributed by atoms with Crippen molar-refractivity contribution < 1.29 is 14.6 Å². The molecule has 0 fully saturated rings. The van der Waals surface area contributed by atoms with Crippen LogP contribution in [-0.2, 0) is 4.74 Å². The Bertz CT molecular complexity index is 719. The van der Waals surface area contributed by atoms with Crippen molar-refractivity contribution in [1.29, 1.82) is 0 Å². The van der Waals surface area contributed by atoms with Crippen LogP contribution < -0.4 is 4.90 Å². The SMILES string of the molecule is CCOCN(c1ccccc1C(=O)O)c1ccc(Cl)c(C)c1Cl. The van der Waals surface area contributed by atoms with Crippen LogP contribution in [0, 0.1) is 6.92 Å². The second-order valence-electron chi connectivity index (χ2n) is 4.88. The zero-order valence-corrected chi connectivity index (χ0v) is 14.4. The van der Waals surface area contributed by atoms with Gasteiger partial charge in [0.1, 0.15) is 6.73 Å². The zero-order chi connectivity index (χ0) is 17.0. The van der Waals surface area contributed by atoms with Gasteiger partial charge in [0.05, 0.1) is 22.0 Å². The van der Waals surface area contributed by atoms with Crippen molar-refractivity contribution in [2.24, 2.45) is 0 Å². The van der Waals surface area contributed by atoms with E-state index >= 15 is 0 Å². The van der Waals surface area contributed by atoms with Crippen LogP contribution in [0.15, 0.2) is 36.4 Å². The van der Waals surface area contributed by atoms with Crippen LogP contribution >= 0.6 is 23.2 Å². The first-order chi connectivity index (χ1) is 11.0. The van der Waals surface area contributed by atoms with Crippen LogP contribution in [0.25, 0.3) is 0 Å². The van der Waals surface area contributed by atoms with Crippen molar-refractivity contribution in [1.82, 2.24) is 0 Å². The molecule has 2 aromatic rings. The van der Waals surface area contributed by atoms with E-state index in [0.717, 1.165) is 5.56 Å². The van der Waals surface area contributed by atoms with Crippen molar-refractivity contribution in [2.75, 3.05) is 18.2 Å². The number of hydrogen-bond donors (Lipinski definition) is 1. The van der Waals surface area contributed by atoms with Crippen LogP contribution in [0.3, 0.4) is 0 Å². The van der Waals surface area contributed by atoms with Crippen LogP contribution in [0.4, 0.5) is 11.4 Å². The quantitative estimate of drug-likeness (QED) is 0.731. The smallest absolute Gasteiger partial charge is 0.337 e. The number of ether oxygens (including phenoxy) is 1. The zero-order valence-electron chi connectivity index (χ0n) is 12.8. The molecule has 2 aromatic carbocycles. The van der Waals surface area contributed by atoms with E-state index in [1.165, 1.54) is 0 Å². The van der Waals surface area contributed by atoms with Gasteiger partial charge in [-0.1, -0.05) is 35.3 Å². The molecule has 6 heteroatoms. The molecular formula is C17H17Cl2NO3. The van der Waals surface area contributed by atoms with E-state index in [1.807, 2.05) is 13.8 Å². The summed E-state index contributed by atoms with van der Waals surface area (Å²) < 4.78 is 5.51. The number of nitrogens with zero attached hydrogens (tertiary/aromatic N) is 1. The fourth-order valence-electron chi connectivity index (χ4n) is 2.20. The Kier molecular flexibility index (Phi) is 5.88. The average Bonchev–Trinajstić information content (AvgIpc) is 2.55. The molecule has 0 atom stereocenters. The maximum absolute atomic E-state index is 11.5. The van der Waals surface area contributed by atoms with Gasteiger partial charge in [0.2, 0.25) is 0 Å². The maximum Gasteiger partial charge on any atom is 0.337 e. The summed E-state index contributed by atoms with van der Waals surface area (Å²) in [5.74, 6) is -1.01. The summed E-state index contributed by atoms with van der Waals surface area (Å²) in [6.07, 6.45) is 0. The highest BCUT2D eigenvalue weighted by Gasteiger charge is 2.20. The summed E-state index contributed by atoms with van der Waals surface area (Å²) in [7, 11) is 0. The standard InChI is InChI=1S/C17H17Cl2NO3/c1-3-23-10-20(14-7-5-4-6-12(14)17(21)22)15-9-8-13(18)11(2)16(15)19/h4-9H,3,10H2,1-2H3,(H,21,22). The number of anilines is 2. The van der Waals surface area contributed by atoms with Crippen LogP contribution in [0.2, 0.25) is 10.0 Å². The van der Waals surface area contributed by atoms with Gasteiger partial charge >= 0.3 is 5.97 Å². The van der Waals surface area contributed by atoms with Crippen molar-refractivity contribution in [3.05, 3.63) is 57.6 Å². The molecule has 122 valence electrons. The number of benzene rings is 2. The van der Waals surface area contributed by atoms with Gasteiger partial charge in [-0.15, -0.1) is 0 Å². The second-order valence-corrected chi connectivity index (χ2v) is 5.66. The Morgan fingerprint density at radius 3 is 2.52 bits per heavy atom. The minimum atomic E-state index is -1.01. The number of rotatable bonds is 6. The summed E-state index contributed by atoms with van der Waals surface area (Å²) in [5, 5.41) is 10.5. The van der Waals surface area contributed by atoms with Crippen molar-refractivity contribution in [3.63, 3.8) is 0 Å². The molecule has 2 rings (SSSR count). The molecule has 0 aliphatic carbocycles. The molecule has 23 heavy (non-hydrogen) atoms. The molecule has 0 radical (unpaired) electrons. The highest BCUT2D eigenvalue weighted by molar-refractivity contribution is 6.37. The average molecular weight is 354 g/mol. The van der Waals surface area contributed by atoms with Gasteiger partial charge < -0.3 is 14.7 Å². The summed E-state index contributed by atoms with van der Waals surface area (Å²) >= 11 is 12.5. The van der Waals surface area contributed by atoms with E-state index < -0.39 is 5.97 Å². The molecule has 0 spiro atoms. The van der Waals surface area contributed by atoms with E-state index in [9.17, 15) is 9.90 Å². The summed E-state index contributed by atoms with van der Waals surface area (Å²) in [4.78, 5) is 13.3. The van der Waals surface area contributed by atoms with Crippen LogP contribution in [0.1, 0.15) is 22.8 Å². The fraction of sp³-hybridized carbons (Fsp3) is 0.235. The third-order valence-electron chi connectivity index (χ3n) is 3.44. The van der Waals surface area contributed by atoms with Gasteiger partial charge in [-0.2, -0.15) is 0 Å². The first kappa shape index (κ1) is 17.6. The molecule has 0 saturated heterocycles. The topological polar surface area (TPSA) is 49.8 Å². The molecule has 0 amide bonds. The van der Waals surface area contributed by atoms with E-state index in [0.29, 0.717) is 28.0 Å². The molecule has 0 aliphatic heterocycles. The lowest BCUT2D eigenvalue weighted by atomic mass is 10.1. The second kappa shape index (κ2) is 7.68. The monoisotopic (exact) mass is 353 g/mol. The maximum atomic E-state index is 11.5. The summed E-state index contributed by atoms with van der Waals surface area (Å²) in [5.41, 5.74) is 2.07. The normalized spacial score (nSPS) is 10.6. The molecule has 0 saturated carbocycles. The Labute approximate surface area is 145 Å². The minimum absolute atomic E-state index is 0.177. The van der Waals surface area contributed by atoms with Gasteiger partial charge in [-0.25, -0.2) is 4.79 Å². The third-order valence-corrected chi connectivity index (χ3v) is 4.33. The fourth-order valence-corrected chi connectivity index (χ4v) is 2.67. The largest absolute Gasteiger partial charge is 0.478 e. The van der Waals surface area contributed by atoms with Crippen molar-refractivity contribution >= 4 is 40.5 Å². The first-order valence-corrected chi connectivity index (χ1v) is 7.85. The lowest BCUT2D eigenvalue weighted by molar-refractivity contribution is 0.0697. The Hall–Kier alpha value is -1.75. The minimum Gasteiger partial charge on any atom is -0.478 e. The lowest BCUT2D eigenvalue weighted by Gasteiger charge is -2.27. The summed E-state index contributed by atoms with van der Waals surface area (Å²) in [6.45, 7) is 4.36. The number of carboxylic acid groups (broad SMARTS) is 1. The van der Waals surface area contributed by atoms with Crippen molar-refractivity contribution in [3.8, 4) is 0 Å². The summed E-state index contributed by atoms with van der Waals surface area (Å²) in [6, 6.07) is 10.2. The third kappa shape index (κ3) is 3.78. The first-order valence-electron chi connectivity index (χ1n) is 7.09. The highest BCUT2D eigenvalue weighted by Crippen LogP contribution is 2.38. The number of para-hydroxylation sites is 1. The Balaban J connectivity index is 2.59. The molecule has 0 aromatic heterocycles.